The van der Waals surface area contributed by atoms with Crippen LogP contribution in [0.4, 0.5) is 0 Å². The highest BCUT2D eigenvalue weighted by Gasteiger charge is 2.54. The van der Waals surface area contributed by atoms with Crippen molar-refractivity contribution in [1.82, 2.24) is 14.7 Å². The Morgan fingerprint density at radius 2 is 2.04 bits per heavy atom. The van der Waals surface area contributed by atoms with Crippen molar-refractivity contribution in [3.05, 3.63) is 48.3 Å². The Bertz CT molecular complexity index is 915. The quantitative estimate of drug-likeness (QED) is 0.815. The molecule has 0 aliphatic carbocycles. The molecule has 3 rings (SSSR count). The third-order valence-electron chi connectivity index (χ3n) is 4.23. The number of ether oxygens (including phenoxy) is 1. The van der Waals surface area contributed by atoms with Gasteiger partial charge in [0, 0.05) is 29.1 Å². The number of likely N-dealkylation sites (tertiary alicyclic amines) is 1. The summed E-state index contributed by atoms with van der Waals surface area (Å²) in [4.78, 5) is 26.7. The Morgan fingerprint density at radius 1 is 1.32 bits per heavy atom. The molecule has 1 aliphatic heterocycles. The van der Waals surface area contributed by atoms with E-state index in [0.717, 1.165) is 0 Å². The number of hydrogen-bond acceptors (Lipinski definition) is 6. The van der Waals surface area contributed by atoms with Crippen molar-refractivity contribution in [2.75, 3.05) is 26.5 Å². The van der Waals surface area contributed by atoms with Crippen molar-refractivity contribution in [3.63, 3.8) is 0 Å². The number of benzene rings is 1. The number of nitrogens with one attached hydrogen (secondary N) is 1. The van der Waals surface area contributed by atoms with Gasteiger partial charge in [0.25, 0.3) is 5.91 Å². The van der Waals surface area contributed by atoms with Gasteiger partial charge >= 0.3 is 5.97 Å². The Hall–Kier alpha value is -2.68. The van der Waals surface area contributed by atoms with Gasteiger partial charge in [0.2, 0.25) is 0 Å². The normalized spacial score (nSPS) is 18.1. The van der Waals surface area contributed by atoms with Crippen LogP contribution < -0.4 is 0 Å². The predicted octanol–water partition coefficient (Wildman–Crippen LogP) is 0.943. The molecule has 0 bridgehead atoms. The summed E-state index contributed by atoms with van der Waals surface area (Å²) < 4.78 is 25.9. The molecule has 1 unspecified atom stereocenters. The number of nitrogens with zero attached hydrogens (tertiary/aromatic N) is 3. The standard InChI is InChI=1S/C16H18N4O4S/c1-24-15(22)16(20-8-4-7-18-20)10-19(11-16)14(21)12-5-3-6-13(9-12)25(2,17)23/h3-9,17H,10-11H2,1-2H3. The van der Waals surface area contributed by atoms with Gasteiger partial charge in [-0.05, 0) is 24.3 Å². The van der Waals surface area contributed by atoms with Gasteiger partial charge in [0.15, 0.2) is 5.54 Å². The number of methoxy groups -OCH3 is 1. The molecule has 8 nitrogen and oxygen atoms in total. The average Bonchev–Trinajstić information content (AvgIpc) is 3.07. The molecule has 2 aromatic rings. The molecule has 9 heteroatoms. The van der Waals surface area contributed by atoms with Crippen LogP contribution in [0, 0.1) is 4.78 Å². The SMILES string of the molecule is COC(=O)C1(n2cccn2)CN(C(=O)c2cccc(S(C)(=N)=O)c2)C1. The summed E-state index contributed by atoms with van der Waals surface area (Å²) >= 11 is 0. The Kier molecular flexibility index (Phi) is 4.11. The predicted molar refractivity (Wildman–Crippen MR) is 89.6 cm³/mol. The highest BCUT2D eigenvalue weighted by atomic mass is 32.2. The number of esters is 1. The van der Waals surface area contributed by atoms with Crippen LogP contribution >= 0.6 is 0 Å². The fourth-order valence-corrected chi connectivity index (χ4v) is 3.55. The third-order valence-corrected chi connectivity index (χ3v) is 5.38. The van der Waals surface area contributed by atoms with E-state index >= 15 is 0 Å². The first-order valence-corrected chi connectivity index (χ1v) is 9.46. The maximum atomic E-state index is 12.7. The topological polar surface area (TPSA) is 105 Å². The zero-order chi connectivity index (χ0) is 18.2. The lowest BCUT2D eigenvalue weighted by Crippen LogP contribution is -2.68. The minimum absolute atomic E-state index is 0.132. The van der Waals surface area contributed by atoms with Crippen LogP contribution in [0.1, 0.15) is 10.4 Å². The summed E-state index contributed by atoms with van der Waals surface area (Å²) in [5, 5.41) is 4.11. The van der Waals surface area contributed by atoms with E-state index in [9.17, 15) is 13.8 Å². The van der Waals surface area contributed by atoms with Crippen LogP contribution in [0.2, 0.25) is 0 Å². The number of hydrogen-bond donors (Lipinski definition) is 1. The highest BCUT2D eigenvalue weighted by molar-refractivity contribution is 7.91. The van der Waals surface area contributed by atoms with Crippen LogP contribution in [0.5, 0.6) is 0 Å². The molecule has 1 aliphatic rings. The van der Waals surface area contributed by atoms with Gasteiger partial charge in [-0.25, -0.2) is 13.8 Å². The van der Waals surface area contributed by atoms with Gasteiger partial charge in [0.05, 0.1) is 29.9 Å². The summed E-state index contributed by atoms with van der Waals surface area (Å²) in [6.45, 7) is 0.263. The lowest BCUT2D eigenvalue weighted by molar-refractivity contribution is -0.160. The first-order chi connectivity index (χ1) is 11.8. The molecule has 0 spiro atoms. The van der Waals surface area contributed by atoms with E-state index in [4.69, 9.17) is 9.52 Å². The Labute approximate surface area is 145 Å². The first kappa shape index (κ1) is 17.2. The van der Waals surface area contributed by atoms with Crippen molar-refractivity contribution in [3.8, 4) is 0 Å². The van der Waals surface area contributed by atoms with Crippen LogP contribution in [0.3, 0.4) is 0 Å². The summed E-state index contributed by atoms with van der Waals surface area (Å²) in [6.07, 6.45) is 4.52. The molecule has 1 fully saturated rings. The van der Waals surface area contributed by atoms with E-state index in [1.54, 1.807) is 36.7 Å². The maximum absolute atomic E-state index is 12.7. The molecule has 1 aromatic carbocycles. The molecule has 1 aromatic heterocycles. The van der Waals surface area contributed by atoms with Crippen molar-refractivity contribution >= 4 is 21.6 Å². The monoisotopic (exact) mass is 362 g/mol. The van der Waals surface area contributed by atoms with E-state index in [1.807, 2.05) is 0 Å². The molecule has 132 valence electrons. The van der Waals surface area contributed by atoms with Gasteiger partial charge in [-0.2, -0.15) is 5.10 Å². The van der Waals surface area contributed by atoms with Crippen molar-refractivity contribution in [2.45, 2.75) is 10.4 Å². The maximum Gasteiger partial charge on any atom is 0.337 e. The average molecular weight is 362 g/mol. The second kappa shape index (κ2) is 5.99. The fraction of sp³-hybridized carbons (Fsp3) is 0.312. The van der Waals surface area contributed by atoms with Gasteiger partial charge < -0.3 is 9.64 Å². The van der Waals surface area contributed by atoms with Crippen LogP contribution in [-0.4, -0.2) is 57.2 Å². The summed E-state index contributed by atoms with van der Waals surface area (Å²) in [5.41, 5.74) is -0.697. The number of rotatable bonds is 4. The molecule has 2 heterocycles. The Balaban J connectivity index is 1.84. The largest absolute Gasteiger partial charge is 0.467 e. The van der Waals surface area contributed by atoms with Crippen LogP contribution in [-0.2, 0) is 24.8 Å². The molecule has 1 atom stereocenters. The smallest absolute Gasteiger partial charge is 0.337 e. The number of aromatic nitrogens is 2. The molecule has 0 saturated carbocycles. The molecule has 25 heavy (non-hydrogen) atoms. The molecule has 1 N–H and O–H groups in total. The van der Waals surface area contributed by atoms with Gasteiger partial charge in [-0.1, -0.05) is 6.07 Å². The van der Waals surface area contributed by atoms with Crippen molar-refractivity contribution < 1.29 is 18.5 Å². The third kappa shape index (κ3) is 2.91. The van der Waals surface area contributed by atoms with Crippen LogP contribution in [0.15, 0.2) is 47.6 Å². The second-order valence-electron chi connectivity index (χ2n) is 6.01. The van der Waals surface area contributed by atoms with E-state index in [0.29, 0.717) is 10.5 Å². The summed E-state index contributed by atoms with van der Waals surface area (Å²) in [7, 11) is -1.61. The van der Waals surface area contributed by atoms with E-state index in [2.05, 4.69) is 5.10 Å². The van der Waals surface area contributed by atoms with E-state index in [-0.39, 0.29) is 19.0 Å². The molecular weight excluding hydrogens is 344 g/mol. The lowest BCUT2D eigenvalue weighted by atomic mass is 9.89. The van der Waals surface area contributed by atoms with Crippen molar-refractivity contribution in [2.24, 2.45) is 0 Å². The minimum atomic E-state index is -2.91. The number of amides is 1. The van der Waals surface area contributed by atoms with Gasteiger partial charge in [0.1, 0.15) is 0 Å². The molecule has 1 saturated heterocycles. The summed E-state index contributed by atoms with van der Waals surface area (Å²) in [5.74, 6) is -0.756. The highest BCUT2D eigenvalue weighted by Crippen LogP contribution is 2.31. The van der Waals surface area contributed by atoms with E-state index in [1.165, 1.54) is 29.0 Å². The first-order valence-electron chi connectivity index (χ1n) is 7.49. The molecule has 1 amide bonds. The van der Waals surface area contributed by atoms with Crippen molar-refractivity contribution in [1.29, 1.82) is 4.78 Å². The Morgan fingerprint density at radius 3 is 2.60 bits per heavy atom. The molecule has 0 radical (unpaired) electrons. The zero-order valence-corrected chi connectivity index (χ0v) is 14.7. The number of carbonyl (C=O) groups excluding carboxylic acids is 2. The second-order valence-corrected chi connectivity index (χ2v) is 8.17. The zero-order valence-electron chi connectivity index (χ0n) is 13.8. The van der Waals surface area contributed by atoms with Crippen LogP contribution in [0.25, 0.3) is 0 Å². The lowest BCUT2D eigenvalue weighted by Gasteiger charge is -2.47. The molecular formula is C16H18N4O4S. The summed E-state index contributed by atoms with van der Waals surface area (Å²) in [6, 6.07) is 7.92. The minimum Gasteiger partial charge on any atom is -0.467 e. The number of carbonyl (C=O) groups is 2. The van der Waals surface area contributed by atoms with Gasteiger partial charge in [-0.3, -0.25) is 9.48 Å². The fourth-order valence-electron chi connectivity index (χ4n) is 2.86. The van der Waals surface area contributed by atoms with E-state index < -0.39 is 21.2 Å². The van der Waals surface area contributed by atoms with Gasteiger partial charge in [-0.15, -0.1) is 0 Å².